The monoisotopic (exact) mass is 196 g/mol. The largest absolute Gasteiger partial charge is 1.00 e. The van der Waals surface area contributed by atoms with E-state index < -0.39 is 5.97 Å². The Morgan fingerprint density at radius 3 is 2.46 bits per heavy atom. The molecule has 0 spiro atoms. The maximum atomic E-state index is 10.5. The van der Waals surface area contributed by atoms with Gasteiger partial charge in [0.1, 0.15) is 0 Å². The number of ether oxygens (including phenoxy) is 1. The SMILES string of the molecule is CCCC(CCCOC)C(=O)[O-].[Na+]. The van der Waals surface area contributed by atoms with Crippen LogP contribution in [0.15, 0.2) is 0 Å². The molecule has 0 amide bonds. The summed E-state index contributed by atoms with van der Waals surface area (Å²) in [5.41, 5.74) is 0. The van der Waals surface area contributed by atoms with Gasteiger partial charge < -0.3 is 14.6 Å². The number of methoxy groups -OCH3 is 1. The Labute approximate surface area is 102 Å². The number of rotatable bonds is 7. The summed E-state index contributed by atoms with van der Waals surface area (Å²) in [5.74, 6) is -1.21. The molecule has 0 rings (SSSR count). The molecule has 0 heterocycles. The molecule has 1 unspecified atom stereocenters. The molecule has 0 saturated heterocycles. The molecule has 0 aromatic rings. The molecule has 1 atom stereocenters. The van der Waals surface area contributed by atoms with Gasteiger partial charge in [0.15, 0.2) is 0 Å². The maximum absolute atomic E-state index is 10.5. The summed E-state index contributed by atoms with van der Waals surface area (Å²) in [7, 11) is 1.62. The van der Waals surface area contributed by atoms with Gasteiger partial charge in [-0.15, -0.1) is 0 Å². The quantitative estimate of drug-likeness (QED) is 0.336. The minimum absolute atomic E-state index is 0. The summed E-state index contributed by atoms with van der Waals surface area (Å²) >= 11 is 0. The van der Waals surface area contributed by atoms with E-state index in [0.717, 1.165) is 12.8 Å². The average Bonchev–Trinajstić information content (AvgIpc) is 2.03. The Morgan fingerprint density at radius 2 is 2.08 bits per heavy atom. The van der Waals surface area contributed by atoms with Crippen molar-refractivity contribution in [2.45, 2.75) is 32.6 Å². The third-order valence-corrected chi connectivity index (χ3v) is 1.87. The Kier molecular flexibility index (Phi) is 12.8. The van der Waals surface area contributed by atoms with Crippen LogP contribution in [0.1, 0.15) is 32.6 Å². The smallest absolute Gasteiger partial charge is 0.550 e. The van der Waals surface area contributed by atoms with Crippen LogP contribution < -0.4 is 34.7 Å². The van der Waals surface area contributed by atoms with E-state index in [1.807, 2.05) is 6.92 Å². The van der Waals surface area contributed by atoms with Gasteiger partial charge in [-0.2, -0.15) is 0 Å². The van der Waals surface area contributed by atoms with Gasteiger partial charge in [-0.05, 0) is 25.2 Å². The first-order valence-corrected chi connectivity index (χ1v) is 4.42. The summed E-state index contributed by atoms with van der Waals surface area (Å²) in [4.78, 5) is 10.5. The molecule has 4 heteroatoms. The zero-order valence-electron chi connectivity index (χ0n) is 8.84. The molecule has 0 aliphatic carbocycles. The van der Waals surface area contributed by atoms with Crippen LogP contribution >= 0.6 is 0 Å². The van der Waals surface area contributed by atoms with Crippen molar-refractivity contribution in [1.29, 1.82) is 0 Å². The van der Waals surface area contributed by atoms with Gasteiger partial charge >= 0.3 is 29.6 Å². The predicted molar refractivity (Wildman–Crippen MR) is 44.5 cm³/mol. The number of carbonyl (C=O) groups excluding carboxylic acids is 1. The molecule has 0 radical (unpaired) electrons. The van der Waals surface area contributed by atoms with E-state index in [9.17, 15) is 9.90 Å². The van der Waals surface area contributed by atoms with E-state index in [0.29, 0.717) is 19.4 Å². The third-order valence-electron chi connectivity index (χ3n) is 1.87. The van der Waals surface area contributed by atoms with Crippen molar-refractivity contribution in [3.8, 4) is 0 Å². The second-order valence-corrected chi connectivity index (χ2v) is 2.94. The molecule has 3 nitrogen and oxygen atoms in total. The van der Waals surface area contributed by atoms with E-state index >= 15 is 0 Å². The number of carboxylic acids is 1. The predicted octanol–water partition coefficient (Wildman–Crippen LogP) is -2.42. The molecule has 13 heavy (non-hydrogen) atoms. The van der Waals surface area contributed by atoms with Gasteiger partial charge in [0.05, 0.1) is 0 Å². The molecule has 0 bridgehead atoms. The van der Waals surface area contributed by atoms with E-state index in [1.54, 1.807) is 7.11 Å². The number of carboxylic acid groups (broad SMARTS) is 1. The first-order chi connectivity index (χ1) is 5.72. The van der Waals surface area contributed by atoms with Gasteiger partial charge in [0.25, 0.3) is 0 Å². The fourth-order valence-electron chi connectivity index (χ4n) is 1.20. The van der Waals surface area contributed by atoms with Gasteiger partial charge in [-0.25, -0.2) is 0 Å². The van der Waals surface area contributed by atoms with Crippen molar-refractivity contribution < 1.29 is 44.2 Å². The second-order valence-electron chi connectivity index (χ2n) is 2.94. The van der Waals surface area contributed by atoms with Crippen LogP contribution in [-0.4, -0.2) is 19.7 Å². The number of hydrogen-bond donors (Lipinski definition) is 0. The van der Waals surface area contributed by atoms with E-state index in [-0.39, 0.29) is 35.5 Å². The Morgan fingerprint density at radius 1 is 1.46 bits per heavy atom. The van der Waals surface area contributed by atoms with Gasteiger partial charge in [-0.3, -0.25) is 0 Å². The van der Waals surface area contributed by atoms with Crippen LogP contribution in [-0.2, 0) is 9.53 Å². The second kappa shape index (κ2) is 10.5. The first-order valence-electron chi connectivity index (χ1n) is 4.42. The van der Waals surface area contributed by atoms with E-state index in [4.69, 9.17) is 4.74 Å². The Balaban J connectivity index is 0. The summed E-state index contributed by atoms with van der Waals surface area (Å²) in [6.45, 7) is 2.61. The van der Waals surface area contributed by atoms with Crippen molar-refractivity contribution >= 4 is 5.97 Å². The molecule has 0 aromatic carbocycles. The maximum Gasteiger partial charge on any atom is 1.00 e. The molecule has 0 fully saturated rings. The van der Waals surface area contributed by atoms with Crippen LogP contribution in [0.25, 0.3) is 0 Å². The fourth-order valence-corrected chi connectivity index (χ4v) is 1.20. The van der Waals surface area contributed by atoms with Crippen LogP contribution in [0.3, 0.4) is 0 Å². The molecule has 0 saturated carbocycles. The molecular formula is C9H17NaO3. The minimum atomic E-state index is -0.923. The average molecular weight is 196 g/mol. The number of aliphatic carboxylic acids is 1. The van der Waals surface area contributed by atoms with E-state index in [1.165, 1.54) is 0 Å². The van der Waals surface area contributed by atoms with Crippen LogP contribution in [0, 0.1) is 5.92 Å². The van der Waals surface area contributed by atoms with Crippen molar-refractivity contribution in [2.75, 3.05) is 13.7 Å². The van der Waals surface area contributed by atoms with E-state index in [2.05, 4.69) is 0 Å². The van der Waals surface area contributed by atoms with Crippen LogP contribution in [0.2, 0.25) is 0 Å². The summed E-state index contributed by atoms with van der Waals surface area (Å²) in [5, 5.41) is 10.5. The topological polar surface area (TPSA) is 49.4 Å². The van der Waals surface area contributed by atoms with Gasteiger partial charge in [-0.1, -0.05) is 13.3 Å². The summed E-state index contributed by atoms with van der Waals surface area (Å²) in [6, 6.07) is 0. The molecule has 72 valence electrons. The van der Waals surface area contributed by atoms with Crippen molar-refractivity contribution in [3.05, 3.63) is 0 Å². The molecule has 0 aliphatic heterocycles. The molecule has 0 aliphatic rings. The number of carbonyl (C=O) groups is 1. The standard InChI is InChI=1S/C9H18O3.Na/c1-3-5-8(9(10)11)6-4-7-12-2;/h8H,3-7H2,1-2H3,(H,10,11);/q;+1/p-1. The minimum Gasteiger partial charge on any atom is -0.550 e. The normalized spacial score (nSPS) is 11.8. The molecule has 0 N–H and O–H groups in total. The van der Waals surface area contributed by atoms with Crippen LogP contribution in [0.5, 0.6) is 0 Å². The fraction of sp³-hybridized carbons (Fsp3) is 0.889. The molecular weight excluding hydrogens is 179 g/mol. The van der Waals surface area contributed by atoms with Crippen molar-refractivity contribution in [1.82, 2.24) is 0 Å². The zero-order valence-corrected chi connectivity index (χ0v) is 10.8. The van der Waals surface area contributed by atoms with Gasteiger partial charge in [0.2, 0.25) is 0 Å². The Hall–Kier alpha value is 0.430. The Bertz CT molecular complexity index is 128. The third kappa shape index (κ3) is 8.75. The zero-order chi connectivity index (χ0) is 9.40. The summed E-state index contributed by atoms with van der Waals surface area (Å²) < 4.78 is 4.84. The van der Waals surface area contributed by atoms with Gasteiger partial charge in [0, 0.05) is 19.7 Å². The van der Waals surface area contributed by atoms with Crippen molar-refractivity contribution in [2.24, 2.45) is 5.92 Å². The summed E-state index contributed by atoms with van der Waals surface area (Å²) in [6.07, 6.45) is 3.08. The van der Waals surface area contributed by atoms with Crippen molar-refractivity contribution in [3.63, 3.8) is 0 Å². The number of hydrogen-bond acceptors (Lipinski definition) is 3. The molecule has 0 aromatic heterocycles. The van der Waals surface area contributed by atoms with Crippen LogP contribution in [0.4, 0.5) is 0 Å². The first kappa shape index (κ1) is 15.9.